The molecule has 0 radical (unpaired) electrons. The van der Waals surface area contributed by atoms with Crippen LogP contribution in [0.3, 0.4) is 0 Å². The molecule has 2 heterocycles. The maximum Gasteiger partial charge on any atom is 0.0416 e. The monoisotopic (exact) mass is 222 g/mol. The number of hydrogen-bond acceptors (Lipinski definition) is 2. The third kappa shape index (κ3) is 3.42. The molecule has 0 amide bonds. The maximum atomic E-state index is 5.57. The van der Waals surface area contributed by atoms with Crippen molar-refractivity contribution in [2.45, 2.75) is 12.8 Å². The zero-order valence-corrected chi connectivity index (χ0v) is 9.58. The topological polar surface area (TPSA) is 25.8 Å². The Morgan fingerprint density at radius 3 is 2.71 bits per heavy atom. The number of hydrogen-bond donors (Lipinski definition) is 0. The summed E-state index contributed by atoms with van der Waals surface area (Å²) in [7, 11) is 0. The van der Waals surface area contributed by atoms with Crippen molar-refractivity contribution in [2.75, 3.05) is 0 Å². The van der Waals surface area contributed by atoms with Gasteiger partial charge in [-0.3, -0.25) is 9.97 Å². The summed E-state index contributed by atoms with van der Waals surface area (Å²) in [6.45, 7) is 0. The van der Waals surface area contributed by atoms with Gasteiger partial charge in [-0.25, -0.2) is 0 Å². The van der Waals surface area contributed by atoms with Crippen molar-refractivity contribution in [3.8, 4) is 12.3 Å². The van der Waals surface area contributed by atoms with E-state index in [1.165, 1.54) is 5.56 Å². The first-order valence-electron chi connectivity index (χ1n) is 5.63. The zero-order chi connectivity index (χ0) is 11.9. The fourth-order valence-electron chi connectivity index (χ4n) is 1.76. The highest BCUT2D eigenvalue weighted by Gasteiger charge is 2.08. The second kappa shape index (κ2) is 5.81. The molecule has 84 valence electrons. The molecule has 0 aliphatic rings. The first-order chi connectivity index (χ1) is 8.38. The normalized spacial score (nSPS) is 11.7. The van der Waals surface area contributed by atoms with E-state index < -0.39 is 0 Å². The third-order valence-electron chi connectivity index (χ3n) is 2.62. The molecule has 2 rings (SSSR count). The minimum absolute atomic E-state index is 0.175. The van der Waals surface area contributed by atoms with Crippen molar-refractivity contribution in [1.29, 1.82) is 0 Å². The lowest BCUT2D eigenvalue weighted by Crippen LogP contribution is -2.07. The molecule has 0 aromatic carbocycles. The van der Waals surface area contributed by atoms with E-state index in [4.69, 9.17) is 6.42 Å². The van der Waals surface area contributed by atoms with Crippen molar-refractivity contribution in [3.05, 3.63) is 60.2 Å². The highest BCUT2D eigenvalue weighted by molar-refractivity contribution is 5.15. The van der Waals surface area contributed by atoms with Crippen molar-refractivity contribution in [3.63, 3.8) is 0 Å². The predicted molar refractivity (Wildman–Crippen MR) is 68.2 cm³/mol. The molecule has 2 aromatic heterocycles. The number of rotatable bonds is 4. The Hall–Kier alpha value is -2.14. The molecule has 0 spiro atoms. The fourth-order valence-corrected chi connectivity index (χ4v) is 1.76. The molecule has 0 saturated carbocycles. The Morgan fingerprint density at radius 2 is 2.06 bits per heavy atom. The number of nitrogens with zero attached hydrogens (tertiary/aromatic N) is 2. The highest BCUT2D eigenvalue weighted by Crippen LogP contribution is 2.11. The maximum absolute atomic E-state index is 5.57. The summed E-state index contributed by atoms with van der Waals surface area (Å²) in [5.74, 6) is 3.01. The number of aromatic nitrogens is 2. The van der Waals surface area contributed by atoms with Gasteiger partial charge < -0.3 is 0 Å². The Kier molecular flexibility index (Phi) is 3.88. The van der Waals surface area contributed by atoms with Crippen molar-refractivity contribution in [2.24, 2.45) is 5.92 Å². The fraction of sp³-hybridized carbons (Fsp3) is 0.200. The van der Waals surface area contributed by atoms with Gasteiger partial charge in [0.25, 0.3) is 0 Å². The van der Waals surface area contributed by atoms with E-state index in [1.807, 2.05) is 30.5 Å². The number of pyridine rings is 2. The molecule has 2 aromatic rings. The van der Waals surface area contributed by atoms with Crippen molar-refractivity contribution < 1.29 is 0 Å². The molecule has 17 heavy (non-hydrogen) atoms. The zero-order valence-electron chi connectivity index (χ0n) is 9.58. The van der Waals surface area contributed by atoms with Crippen LogP contribution >= 0.6 is 0 Å². The van der Waals surface area contributed by atoms with Gasteiger partial charge in [-0.15, -0.1) is 12.3 Å². The molecule has 0 aliphatic carbocycles. The Balaban J connectivity index is 2.01. The van der Waals surface area contributed by atoms with Crippen LogP contribution in [0.1, 0.15) is 11.3 Å². The van der Waals surface area contributed by atoms with Crippen LogP contribution in [-0.4, -0.2) is 9.97 Å². The average Bonchev–Trinajstić information content (AvgIpc) is 2.40. The first-order valence-corrected chi connectivity index (χ1v) is 5.63. The van der Waals surface area contributed by atoms with Crippen LogP contribution in [0.4, 0.5) is 0 Å². The van der Waals surface area contributed by atoms with E-state index in [-0.39, 0.29) is 5.92 Å². The quantitative estimate of drug-likeness (QED) is 0.743. The van der Waals surface area contributed by atoms with E-state index in [1.54, 1.807) is 12.4 Å². The van der Waals surface area contributed by atoms with E-state index in [0.717, 1.165) is 18.5 Å². The Labute approximate surface area is 102 Å². The van der Waals surface area contributed by atoms with Crippen LogP contribution in [-0.2, 0) is 12.8 Å². The molecular weight excluding hydrogens is 208 g/mol. The summed E-state index contributed by atoms with van der Waals surface area (Å²) in [6, 6.07) is 9.89. The van der Waals surface area contributed by atoms with Crippen LogP contribution in [0.25, 0.3) is 0 Å². The Bertz CT molecular complexity index is 444. The van der Waals surface area contributed by atoms with Gasteiger partial charge in [0.1, 0.15) is 0 Å². The smallest absolute Gasteiger partial charge is 0.0416 e. The lowest BCUT2D eigenvalue weighted by molar-refractivity contribution is 0.654. The van der Waals surface area contributed by atoms with Crippen LogP contribution in [0.5, 0.6) is 0 Å². The van der Waals surface area contributed by atoms with Crippen LogP contribution in [0, 0.1) is 18.3 Å². The van der Waals surface area contributed by atoms with Gasteiger partial charge in [0.2, 0.25) is 0 Å². The van der Waals surface area contributed by atoms with Crippen LogP contribution in [0.2, 0.25) is 0 Å². The molecule has 0 N–H and O–H groups in total. The molecule has 0 fully saturated rings. The van der Waals surface area contributed by atoms with Gasteiger partial charge in [-0.2, -0.15) is 0 Å². The SMILES string of the molecule is C#CC(Cc1cccnc1)Cc1ccccn1. The molecule has 2 heteroatoms. The van der Waals surface area contributed by atoms with E-state index >= 15 is 0 Å². The second-order valence-corrected chi connectivity index (χ2v) is 3.95. The lowest BCUT2D eigenvalue weighted by Gasteiger charge is -2.09. The molecular formula is C15H14N2. The van der Waals surface area contributed by atoms with E-state index in [9.17, 15) is 0 Å². The average molecular weight is 222 g/mol. The molecule has 2 nitrogen and oxygen atoms in total. The molecule has 0 saturated heterocycles. The highest BCUT2D eigenvalue weighted by atomic mass is 14.7. The summed E-state index contributed by atoms with van der Waals surface area (Å²) >= 11 is 0. The minimum Gasteiger partial charge on any atom is -0.264 e. The third-order valence-corrected chi connectivity index (χ3v) is 2.62. The Morgan fingerprint density at radius 1 is 1.12 bits per heavy atom. The molecule has 1 atom stereocenters. The second-order valence-electron chi connectivity index (χ2n) is 3.95. The van der Waals surface area contributed by atoms with Gasteiger partial charge in [-0.1, -0.05) is 12.1 Å². The van der Waals surface area contributed by atoms with Crippen molar-refractivity contribution >= 4 is 0 Å². The largest absolute Gasteiger partial charge is 0.264 e. The predicted octanol–water partition coefficient (Wildman–Crippen LogP) is 2.51. The van der Waals surface area contributed by atoms with E-state index in [0.29, 0.717) is 0 Å². The standard InChI is InChI=1S/C15H14N2/c1-2-13(10-14-6-5-8-16-12-14)11-15-7-3-4-9-17-15/h1,3-9,12-13H,10-11H2. The van der Waals surface area contributed by atoms with Gasteiger partial charge in [-0.05, 0) is 30.2 Å². The molecule has 0 aliphatic heterocycles. The summed E-state index contributed by atoms with van der Waals surface area (Å²) < 4.78 is 0. The van der Waals surface area contributed by atoms with Gasteiger partial charge in [0, 0.05) is 36.6 Å². The molecule has 0 bridgehead atoms. The summed E-state index contributed by atoms with van der Waals surface area (Å²) in [4.78, 5) is 8.39. The first kappa shape index (κ1) is 11.3. The van der Waals surface area contributed by atoms with Gasteiger partial charge in [0.05, 0.1) is 0 Å². The minimum atomic E-state index is 0.175. The van der Waals surface area contributed by atoms with E-state index in [2.05, 4.69) is 22.0 Å². The van der Waals surface area contributed by atoms with Gasteiger partial charge in [0.15, 0.2) is 0 Å². The van der Waals surface area contributed by atoms with Crippen LogP contribution < -0.4 is 0 Å². The van der Waals surface area contributed by atoms with Crippen molar-refractivity contribution in [1.82, 2.24) is 9.97 Å². The summed E-state index contributed by atoms with van der Waals surface area (Å²) in [5, 5.41) is 0. The van der Waals surface area contributed by atoms with Gasteiger partial charge >= 0.3 is 0 Å². The lowest BCUT2D eigenvalue weighted by atomic mass is 9.96. The summed E-state index contributed by atoms with van der Waals surface area (Å²) in [6.07, 6.45) is 12.7. The summed E-state index contributed by atoms with van der Waals surface area (Å²) in [5.41, 5.74) is 2.21. The number of terminal acetylenes is 1. The van der Waals surface area contributed by atoms with Crippen LogP contribution in [0.15, 0.2) is 48.9 Å². The molecule has 1 unspecified atom stereocenters.